The maximum atomic E-state index is 13.0. The van der Waals surface area contributed by atoms with Crippen LogP contribution in [-0.4, -0.2) is 41.4 Å². The van der Waals surface area contributed by atoms with Gasteiger partial charge in [-0.2, -0.15) is 4.98 Å². The van der Waals surface area contributed by atoms with Crippen LogP contribution in [0.2, 0.25) is 0 Å². The van der Waals surface area contributed by atoms with Crippen molar-refractivity contribution in [3.63, 3.8) is 0 Å². The zero-order valence-corrected chi connectivity index (χ0v) is 16.4. The smallest absolute Gasteiger partial charge is 0.339 e. The average Bonchev–Trinajstić information content (AvgIpc) is 2.64. The number of aromatic nitrogens is 1. The van der Waals surface area contributed by atoms with E-state index in [1.54, 1.807) is 25.1 Å². The van der Waals surface area contributed by atoms with Crippen molar-refractivity contribution in [1.29, 1.82) is 0 Å². The van der Waals surface area contributed by atoms with E-state index in [2.05, 4.69) is 23.8 Å². The summed E-state index contributed by atoms with van der Waals surface area (Å²) in [6, 6.07) is 6.82. The number of fused-ring (bicyclic) bond motifs is 2. The first-order chi connectivity index (χ1) is 13.3. The summed E-state index contributed by atoms with van der Waals surface area (Å²) in [5.41, 5.74) is 1.10. The van der Waals surface area contributed by atoms with Crippen molar-refractivity contribution in [2.24, 2.45) is 10.9 Å². The summed E-state index contributed by atoms with van der Waals surface area (Å²) >= 11 is 0. The van der Waals surface area contributed by atoms with Crippen LogP contribution >= 0.6 is 0 Å². The second-order valence-corrected chi connectivity index (χ2v) is 7.42. The highest BCUT2D eigenvalue weighted by Gasteiger charge is 2.17. The van der Waals surface area contributed by atoms with Crippen LogP contribution in [0.15, 0.2) is 38.5 Å². The number of carboxylic acid groups (broad SMARTS) is 1. The second-order valence-electron chi connectivity index (χ2n) is 7.42. The molecule has 1 aromatic carbocycles. The third-order valence-electron chi connectivity index (χ3n) is 4.36. The fourth-order valence-corrected chi connectivity index (χ4v) is 2.86. The molecular weight excluding hydrogens is 358 g/mol. The van der Waals surface area contributed by atoms with E-state index in [0.717, 1.165) is 18.4 Å². The number of benzene rings is 1. The Bertz CT molecular complexity index is 1130. The molecule has 3 aromatic rings. The fourth-order valence-electron chi connectivity index (χ4n) is 2.86. The summed E-state index contributed by atoms with van der Waals surface area (Å²) in [5.74, 6) is -0.651. The molecule has 0 aliphatic carbocycles. The van der Waals surface area contributed by atoms with Gasteiger partial charge in [0.2, 0.25) is 11.1 Å². The minimum Gasteiger partial charge on any atom is -0.478 e. The number of carboxylic acids is 1. The number of aliphatic imine (C=N–C) groups is 1. The number of hydrogen-bond donors (Lipinski definition) is 1. The first-order valence-corrected chi connectivity index (χ1v) is 9.10. The van der Waals surface area contributed by atoms with E-state index in [0.29, 0.717) is 16.9 Å². The lowest BCUT2D eigenvalue weighted by Crippen LogP contribution is -2.09. The number of aromatic carboxylic acids is 1. The number of rotatable bonds is 6. The van der Waals surface area contributed by atoms with Crippen molar-refractivity contribution >= 4 is 40.2 Å². The molecule has 0 atom stereocenters. The minimum absolute atomic E-state index is 0.00949. The highest BCUT2D eigenvalue weighted by Crippen LogP contribution is 2.25. The lowest BCUT2D eigenvalue weighted by Gasteiger charge is -2.08. The van der Waals surface area contributed by atoms with Crippen molar-refractivity contribution in [2.75, 3.05) is 14.1 Å². The average molecular weight is 381 g/mol. The lowest BCUT2D eigenvalue weighted by atomic mass is 10.0. The van der Waals surface area contributed by atoms with E-state index < -0.39 is 5.97 Å². The molecule has 0 aliphatic rings. The van der Waals surface area contributed by atoms with Gasteiger partial charge in [-0.25, -0.2) is 9.79 Å². The van der Waals surface area contributed by atoms with Gasteiger partial charge in [0.25, 0.3) is 0 Å². The lowest BCUT2D eigenvalue weighted by molar-refractivity contribution is 0.0697. The molecule has 2 heterocycles. The van der Waals surface area contributed by atoms with Crippen LogP contribution < -0.4 is 5.43 Å². The number of aryl methyl sites for hydroxylation is 1. The molecule has 0 amide bonds. The Balaban J connectivity index is 2.20. The molecule has 7 nitrogen and oxygen atoms in total. The normalized spacial score (nSPS) is 11.8. The van der Waals surface area contributed by atoms with E-state index >= 15 is 0 Å². The molecule has 146 valence electrons. The first kappa shape index (κ1) is 19.5. The highest BCUT2D eigenvalue weighted by molar-refractivity contribution is 5.98. The molecule has 28 heavy (non-hydrogen) atoms. The Morgan fingerprint density at radius 1 is 1.29 bits per heavy atom. The van der Waals surface area contributed by atoms with Gasteiger partial charge in [0.1, 0.15) is 11.1 Å². The molecule has 3 rings (SSSR count). The van der Waals surface area contributed by atoms with Gasteiger partial charge in [-0.05, 0) is 42.5 Å². The largest absolute Gasteiger partial charge is 0.478 e. The van der Waals surface area contributed by atoms with Crippen molar-refractivity contribution in [3.05, 3.63) is 45.6 Å². The number of carbonyl (C=O) groups is 1. The molecule has 0 fully saturated rings. The summed E-state index contributed by atoms with van der Waals surface area (Å²) in [5, 5.41) is 10.1. The Labute approximate surface area is 162 Å². The van der Waals surface area contributed by atoms with Gasteiger partial charge in [-0.3, -0.25) is 4.79 Å². The summed E-state index contributed by atoms with van der Waals surface area (Å²) < 4.78 is 5.80. The topological polar surface area (TPSA) is 96.0 Å². The van der Waals surface area contributed by atoms with Gasteiger partial charge < -0.3 is 14.4 Å². The van der Waals surface area contributed by atoms with Gasteiger partial charge in [0, 0.05) is 14.1 Å². The standard InChI is InChI=1S/C21H23N3O4/c1-12(2)5-6-13-7-8-17-14(9-13)18(25)15-10-16(21(26)27)19(22-11-24(3)4)23-20(15)28-17/h7-12H,5-6H2,1-4H3,(H,26,27)/b22-11+. The summed E-state index contributed by atoms with van der Waals surface area (Å²) in [6.07, 6.45) is 3.32. The molecule has 7 heteroatoms. The molecule has 0 radical (unpaired) electrons. The van der Waals surface area contributed by atoms with E-state index in [1.165, 1.54) is 12.4 Å². The van der Waals surface area contributed by atoms with Gasteiger partial charge in [0.15, 0.2) is 5.82 Å². The van der Waals surface area contributed by atoms with Crippen molar-refractivity contribution in [2.45, 2.75) is 26.7 Å². The van der Waals surface area contributed by atoms with Crippen LogP contribution in [0.1, 0.15) is 36.2 Å². The Hall–Kier alpha value is -3.22. The predicted octanol–water partition coefficient (Wildman–Crippen LogP) is 3.85. The van der Waals surface area contributed by atoms with E-state index in [9.17, 15) is 14.7 Å². The van der Waals surface area contributed by atoms with Crippen LogP contribution in [0.25, 0.3) is 22.1 Å². The monoisotopic (exact) mass is 381 g/mol. The summed E-state index contributed by atoms with van der Waals surface area (Å²) in [6.45, 7) is 4.30. The van der Waals surface area contributed by atoms with E-state index in [1.807, 2.05) is 12.1 Å². The van der Waals surface area contributed by atoms with Gasteiger partial charge in [-0.1, -0.05) is 19.9 Å². The van der Waals surface area contributed by atoms with Crippen LogP contribution in [0.5, 0.6) is 0 Å². The molecule has 0 saturated carbocycles. The SMILES string of the molecule is CC(C)CCc1ccc2oc3nc(/N=C/N(C)C)c(C(=O)O)cc3c(=O)c2c1. The summed E-state index contributed by atoms with van der Waals surface area (Å²) in [4.78, 5) is 34.6. The van der Waals surface area contributed by atoms with Gasteiger partial charge >= 0.3 is 5.97 Å². The van der Waals surface area contributed by atoms with E-state index in [4.69, 9.17) is 4.42 Å². The second kappa shape index (κ2) is 7.80. The Morgan fingerprint density at radius 3 is 2.68 bits per heavy atom. The van der Waals surface area contributed by atoms with Crippen LogP contribution in [0.3, 0.4) is 0 Å². The Morgan fingerprint density at radius 2 is 2.04 bits per heavy atom. The molecule has 2 aromatic heterocycles. The number of hydrogen-bond acceptors (Lipinski definition) is 5. The molecule has 0 bridgehead atoms. The van der Waals surface area contributed by atoms with Gasteiger partial charge in [0.05, 0.1) is 17.1 Å². The van der Waals surface area contributed by atoms with Crippen molar-refractivity contribution in [3.8, 4) is 0 Å². The maximum absolute atomic E-state index is 13.0. The van der Waals surface area contributed by atoms with Crippen molar-refractivity contribution < 1.29 is 14.3 Å². The molecule has 0 aliphatic heterocycles. The van der Waals surface area contributed by atoms with Crippen LogP contribution in [0, 0.1) is 5.92 Å². The third-order valence-corrected chi connectivity index (χ3v) is 4.36. The predicted molar refractivity (Wildman–Crippen MR) is 110 cm³/mol. The van der Waals surface area contributed by atoms with Crippen LogP contribution in [0.4, 0.5) is 5.82 Å². The fraction of sp³-hybridized carbons (Fsp3) is 0.333. The van der Waals surface area contributed by atoms with Gasteiger partial charge in [-0.15, -0.1) is 0 Å². The highest BCUT2D eigenvalue weighted by atomic mass is 16.4. The number of pyridine rings is 1. The molecule has 0 unspecified atom stereocenters. The number of nitrogens with zero attached hydrogens (tertiary/aromatic N) is 3. The van der Waals surface area contributed by atoms with E-state index in [-0.39, 0.29) is 27.9 Å². The first-order valence-electron chi connectivity index (χ1n) is 9.10. The van der Waals surface area contributed by atoms with Crippen LogP contribution in [-0.2, 0) is 6.42 Å². The quantitative estimate of drug-likeness (QED) is 0.396. The molecule has 1 N–H and O–H groups in total. The van der Waals surface area contributed by atoms with Crippen molar-refractivity contribution in [1.82, 2.24) is 9.88 Å². The molecule has 0 spiro atoms. The zero-order valence-electron chi connectivity index (χ0n) is 16.4. The third kappa shape index (κ3) is 4.03. The zero-order chi connectivity index (χ0) is 20.4. The molecular formula is C21H23N3O4. The Kier molecular flexibility index (Phi) is 5.44. The summed E-state index contributed by atoms with van der Waals surface area (Å²) in [7, 11) is 3.52. The maximum Gasteiger partial charge on any atom is 0.339 e. The minimum atomic E-state index is -1.20. The molecule has 0 saturated heterocycles.